The molecule has 0 spiro atoms. The number of aromatic nitrogens is 1. The molecule has 143 valence electrons. The maximum absolute atomic E-state index is 13.1. The number of carbonyl (C=O) groups is 2. The Balaban J connectivity index is 2.48. The van der Waals surface area contributed by atoms with E-state index in [0.29, 0.717) is 23.7 Å². The van der Waals surface area contributed by atoms with Crippen LogP contribution in [0.2, 0.25) is 0 Å². The zero-order valence-corrected chi connectivity index (χ0v) is 15.7. The molecule has 1 atom stereocenters. The minimum absolute atomic E-state index is 0.0146. The summed E-state index contributed by atoms with van der Waals surface area (Å²) in [6.07, 6.45) is 3.71. The number of Topliss-reactive ketones (excluding diaryl/α,β-unsaturated/α-hetero) is 1. The van der Waals surface area contributed by atoms with Gasteiger partial charge in [0.25, 0.3) is 15.6 Å². The summed E-state index contributed by atoms with van der Waals surface area (Å²) in [5, 5.41) is 2.91. The lowest BCUT2D eigenvalue weighted by atomic mass is 10.1. The molecule has 0 unspecified atom stereocenters. The lowest BCUT2D eigenvalue weighted by Gasteiger charge is -2.29. The van der Waals surface area contributed by atoms with E-state index in [-0.39, 0.29) is 24.7 Å². The summed E-state index contributed by atoms with van der Waals surface area (Å²) in [7, 11) is -4.47. The number of carbonyl (C=O) groups excluding carboxylic acids is 2. The lowest BCUT2D eigenvalue weighted by molar-refractivity contribution is -0.131. The van der Waals surface area contributed by atoms with Crippen LogP contribution >= 0.6 is 0 Å². The van der Waals surface area contributed by atoms with E-state index in [2.05, 4.69) is 10.3 Å². The van der Waals surface area contributed by atoms with Crippen LogP contribution in [0.15, 0.2) is 28.0 Å². The molecule has 1 amide bonds. The summed E-state index contributed by atoms with van der Waals surface area (Å²) >= 11 is 0. The maximum atomic E-state index is 13.1. The van der Waals surface area contributed by atoms with Gasteiger partial charge in [-0.3, -0.25) is 14.4 Å². The Labute approximate surface area is 153 Å². The Morgan fingerprint density at radius 1 is 1.38 bits per heavy atom. The first-order chi connectivity index (χ1) is 12.2. The largest absolute Gasteiger partial charge is 0.328 e. The number of hydrogen-bond acceptors (Lipinski definition) is 6. The van der Waals surface area contributed by atoms with Crippen molar-refractivity contribution >= 4 is 21.7 Å². The number of rotatable bonds is 6. The number of amides is 1. The zero-order valence-electron chi connectivity index (χ0n) is 14.9. The highest BCUT2D eigenvalue weighted by molar-refractivity contribution is 7.89. The van der Waals surface area contributed by atoms with Crippen molar-refractivity contribution in [1.29, 1.82) is 0 Å². The normalized spacial score (nSPS) is 18.6. The van der Waals surface area contributed by atoms with Gasteiger partial charge in [0.15, 0.2) is 10.7 Å². The zero-order chi connectivity index (χ0) is 19.3. The smallest absolute Gasteiger partial charge is 0.272 e. The van der Waals surface area contributed by atoms with Gasteiger partial charge in [-0.2, -0.15) is 0 Å². The Hall–Kier alpha value is -2.00. The van der Waals surface area contributed by atoms with Crippen molar-refractivity contribution in [2.45, 2.75) is 44.0 Å². The summed E-state index contributed by atoms with van der Waals surface area (Å²) in [5.41, 5.74) is -0.826. The molecule has 1 radical (unpaired) electrons. The molecule has 26 heavy (non-hydrogen) atoms. The predicted molar refractivity (Wildman–Crippen MR) is 95.7 cm³/mol. The van der Waals surface area contributed by atoms with Gasteiger partial charge in [0, 0.05) is 6.20 Å². The highest BCUT2D eigenvalue weighted by Gasteiger charge is 2.40. The third-order valence-electron chi connectivity index (χ3n) is 4.09. The quantitative estimate of drug-likeness (QED) is 0.738. The van der Waals surface area contributed by atoms with Crippen LogP contribution < -0.4 is 10.9 Å². The Morgan fingerprint density at radius 2 is 2.12 bits per heavy atom. The molecule has 0 saturated carbocycles. The molecule has 2 heterocycles. The molecule has 1 aromatic rings. The number of pyridine rings is 1. The minimum atomic E-state index is -4.47. The van der Waals surface area contributed by atoms with E-state index in [4.69, 9.17) is 0 Å². The van der Waals surface area contributed by atoms with E-state index in [1.165, 1.54) is 18.7 Å². The molecule has 2 rings (SSSR count). The number of H-pyrrole nitrogens is 1. The summed E-state index contributed by atoms with van der Waals surface area (Å²) in [5.74, 6) is -1.01. The van der Waals surface area contributed by atoms with E-state index in [1.54, 1.807) is 0 Å². The van der Waals surface area contributed by atoms with Gasteiger partial charge in [-0.25, -0.2) is 12.7 Å². The number of hydrogen-bond donors (Lipinski definition) is 2. The van der Waals surface area contributed by atoms with Crippen molar-refractivity contribution in [3.05, 3.63) is 35.1 Å². The number of ketones is 1. The molecule has 9 heteroatoms. The second-order valence-electron chi connectivity index (χ2n) is 6.64. The average Bonchev–Trinajstić information content (AvgIpc) is 2.78. The fraction of sp³-hybridized carbons (Fsp3) is 0.529. The number of aromatic amines is 1. The van der Waals surface area contributed by atoms with E-state index in [0.717, 1.165) is 6.07 Å². The summed E-state index contributed by atoms with van der Waals surface area (Å²) in [4.78, 5) is 38.9. The van der Waals surface area contributed by atoms with Crippen LogP contribution in [-0.4, -0.2) is 48.5 Å². The second-order valence-corrected chi connectivity index (χ2v) is 8.42. The number of nitrogens with one attached hydrogen (secondary N) is 2. The van der Waals surface area contributed by atoms with E-state index >= 15 is 0 Å². The molecule has 1 aliphatic rings. The van der Waals surface area contributed by atoms with Crippen molar-refractivity contribution in [1.82, 2.24) is 14.6 Å². The van der Waals surface area contributed by atoms with Gasteiger partial charge >= 0.3 is 0 Å². The van der Waals surface area contributed by atoms with Gasteiger partial charge in [0.2, 0.25) is 5.91 Å². The van der Waals surface area contributed by atoms with Crippen molar-refractivity contribution in [3.63, 3.8) is 0 Å². The lowest BCUT2D eigenvalue weighted by Crippen LogP contribution is -2.50. The Kier molecular flexibility index (Phi) is 6.71. The Morgan fingerprint density at radius 3 is 2.77 bits per heavy atom. The SMILES string of the molecule is CC(C)C[CH]C(=O)N([C@H]1CCCNCC1=O)S(=O)(=O)c1ccc[nH]c1=O. The van der Waals surface area contributed by atoms with Crippen LogP contribution in [0.1, 0.15) is 33.1 Å². The van der Waals surface area contributed by atoms with Crippen molar-refractivity contribution in [2.75, 3.05) is 13.1 Å². The van der Waals surface area contributed by atoms with Crippen LogP contribution in [0.4, 0.5) is 0 Å². The first-order valence-corrected chi connectivity index (χ1v) is 10.0. The van der Waals surface area contributed by atoms with Crippen LogP contribution in [0.3, 0.4) is 0 Å². The van der Waals surface area contributed by atoms with E-state index in [1.807, 2.05) is 13.8 Å². The van der Waals surface area contributed by atoms with Crippen molar-refractivity contribution in [2.24, 2.45) is 5.92 Å². The molecule has 0 bridgehead atoms. The van der Waals surface area contributed by atoms with Crippen molar-refractivity contribution in [3.8, 4) is 0 Å². The summed E-state index contributed by atoms with van der Waals surface area (Å²) in [6, 6.07) is 1.38. The predicted octanol–water partition coefficient (Wildman–Crippen LogP) is 0.464. The fourth-order valence-corrected chi connectivity index (χ4v) is 4.37. The Bertz CT molecular complexity index is 816. The summed E-state index contributed by atoms with van der Waals surface area (Å²) in [6.45, 7) is 4.34. The van der Waals surface area contributed by atoms with E-state index in [9.17, 15) is 22.8 Å². The molecule has 1 aromatic heterocycles. The minimum Gasteiger partial charge on any atom is -0.328 e. The number of sulfonamides is 1. The van der Waals surface area contributed by atoms with Gasteiger partial charge in [-0.1, -0.05) is 13.8 Å². The third-order valence-corrected chi connectivity index (χ3v) is 5.91. The second kappa shape index (κ2) is 8.59. The molecule has 1 saturated heterocycles. The third kappa shape index (κ3) is 4.59. The molecule has 1 fully saturated rings. The van der Waals surface area contributed by atoms with Gasteiger partial charge in [0.1, 0.15) is 6.04 Å². The van der Waals surface area contributed by atoms with Crippen LogP contribution in [-0.2, 0) is 19.6 Å². The standard InChI is InChI=1S/C17H24N3O5S/c1-12(2)7-8-16(22)20(13-5-3-9-18-11-14(13)21)26(24,25)15-6-4-10-19-17(15)23/h4,6,8,10,12-13,18H,3,5,7,9,11H2,1-2H3,(H,19,23)/t13-/m0/s1. The molecule has 8 nitrogen and oxygen atoms in total. The average molecular weight is 382 g/mol. The highest BCUT2D eigenvalue weighted by atomic mass is 32.2. The molecule has 1 aliphatic heterocycles. The summed E-state index contributed by atoms with van der Waals surface area (Å²) < 4.78 is 26.8. The van der Waals surface area contributed by atoms with Crippen LogP contribution in [0, 0.1) is 12.3 Å². The molecular formula is C17H24N3O5S. The fourth-order valence-electron chi connectivity index (χ4n) is 2.74. The molecule has 0 aliphatic carbocycles. The van der Waals surface area contributed by atoms with Gasteiger partial charge < -0.3 is 10.3 Å². The van der Waals surface area contributed by atoms with Gasteiger partial charge in [-0.15, -0.1) is 0 Å². The topological polar surface area (TPSA) is 116 Å². The molecule has 0 aromatic carbocycles. The van der Waals surface area contributed by atoms with Crippen LogP contribution in [0.5, 0.6) is 0 Å². The van der Waals surface area contributed by atoms with Gasteiger partial charge in [0.05, 0.1) is 13.0 Å². The van der Waals surface area contributed by atoms with Crippen LogP contribution in [0.25, 0.3) is 0 Å². The maximum Gasteiger partial charge on any atom is 0.272 e. The van der Waals surface area contributed by atoms with Crippen molar-refractivity contribution < 1.29 is 18.0 Å². The number of nitrogens with zero attached hydrogens (tertiary/aromatic N) is 1. The monoisotopic (exact) mass is 382 g/mol. The van der Waals surface area contributed by atoms with E-state index < -0.39 is 32.4 Å². The highest BCUT2D eigenvalue weighted by Crippen LogP contribution is 2.22. The molecular weight excluding hydrogens is 358 g/mol. The van der Waals surface area contributed by atoms with Gasteiger partial charge in [-0.05, 0) is 43.9 Å². The first kappa shape index (κ1) is 20.3. The molecule has 2 N–H and O–H groups in total. The first-order valence-electron chi connectivity index (χ1n) is 8.58.